The van der Waals surface area contributed by atoms with E-state index in [2.05, 4.69) is 0 Å². The number of rotatable bonds is 4. The topological polar surface area (TPSA) is 95.2 Å². The average molecular weight is 234 g/mol. The van der Waals surface area contributed by atoms with Crippen molar-refractivity contribution in [3.8, 4) is 24.3 Å². The van der Waals surface area contributed by atoms with Gasteiger partial charge >= 0.3 is 0 Å². The molecule has 0 aliphatic rings. The normalized spacial score (nSPS) is 8.67. The fourth-order valence-electron chi connectivity index (χ4n) is 1.89. The van der Waals surface area contributed by atoms with Crippen LogP contribution in [0.2, 0.25) is 0 Å². The molecular formula is C14H10N4. The van der Waals surface area contributed by atoms with Gasteiger partial charge < -0.3 is 0 Å². The molecule has 0 heterocycles. The number of hydrogen-bond acceptors (Lipinski definition) is 4. The molecule has 0 saturated heterocycles. The molecule has 1 rings (SSSR count). The van der Waals surface area contributed by atoms with Crippen LogP contribution in [-0.2, 0) is 25.7 Å². The molecule has 0 N–H and O–H groups in total. The molecule has 18 heavy (non-hydrogen) atoms. The molecule has 0 unspecified atom stereocenters. The van der Waals surface area contributed by atoms with Gasteiger partial charge in [0.05, 0.1) is 50.0 Å². The highest BCUT2D eigenvalue weighted by Crippen LogP contribution is 2.22. The van der Waals surface area contributed by atoms with Gasteiger partial charge in [-0.3, -0.25) is 0 Å². The lowest BCUT2D eigenvalue weighted by atomic mass is 9.90. The van der Waals surface area contributed by atoms with E-state index in [0.29, 0.717) is 0 Å². The highest BCUT2D eigenvalue weighted by Gasteiger charge is 2.12. The maximum absolute atomic E-state index is 8.84. The summed E-state index contributed by atoms with van der Waals surface area (Å²) < 4.78 is 0. The van der Waals surface area contributed by atoms with Crippen LogP contribution in [0.3, 0.4) is 0 Å². The molecular weight excluding hydrogens is 224 g/mol. The monoisotopic (exact) mass is 234 g/mol. The molecule has 86 valence electrons. The largest absolute Gasteiger partial charge is 0.198 e. The summed E-state index contributed by atoms with van der Waals surface area (Å²) in [7, 11) is 0. The summed E-state index contributed by atoms with van der Waals surface area (Å²) in [6, 6.07) is 11.7. The molecule has 0 aliphatic carbocycles. The molecule has 0 bridgehead atoms. The van der Waals surface area contributed by atoms with Crippen molar-refractivity contribution in [3.05, 3.63) is 34.4 Å². The van der Waals surface area contributed by atoms with Crippen molar-refractivity contribution in [3.63, 3.8) is 0 Å². The molecule has 0 atom stereocenters. The van der Waals surface area contributed by atoms with Crippen LogP contribution in [0.1, 0.15) is 22.3 Å². The van der Waals surface area contributed by atoms with E-state index in [-0.39, 0.29) is 25.7 Å². The summed E-state index contributed by atoms with van der Waals surface area (Å²) in [5.41, 5.74) is 3.00. The third-order valence-electron chi connectivity index (χ3n) is 2.68. The SMILES string of the molecule is N#CCc1ccc(CC#N)c(CC#N)c1CC#N. The summed E-state index contributed by atoms with van der Waals surface area (Å²) in [6.45, 7) is 0. The van der Waals surface area contributed by atoms with Crippen molar-refractivity contribution in [2.24, 2.45) is 0 Å². The molecule has 1 aromatic carbocycles. The number of nitrogens with zero attached hydrogens (tertiary/aromatic N) is 4. The summed E-state index contributed by atoms with van der Waals surface area (Å²) in [6.07, 6.45) is 0.741. The van der Waals surface area contributed by atoms with Crippen molar-refractivity contribution in [1.82, 2.24) is 0 Å². The van der Waals surface area contributed by atoms with Gasteiger partial charge in [0, 0.05) is 0 Å². The first-order valence-electron chi connectivity index (χ1n) is 5.38. The summed E-state index contributed by atoms with van der Waals surface area (Å²) >= 11 is 0. The minimum absolute atomic E-state index is 0.160. The Labute approximate surface area is 106 Å². The molecule has 0 aromatic heterocycles. The van der Waals surface area contributed by atoms with Crippen LogP contribution in [0.15, 0.2) is 12.1 Å². The molecule has 0 saturated carbocycles. The molecule has 4 nitrogen and oxygen atoms in total. The highest BCUT2D eigenvalue weighted by molar-refractivity contribution is 5.45. The number of nitriles is 4. The summed E-state index contributed by atoms with van der Waals surface area (Å²) in [5, 5.41) is 35.2. The fourth-order valence-corrected chi connectivity index (χ4v) is 1.89. The maximum Gasteiger partial charge on any atom is 0.0669 e. The second kappa shape index (κ2) is 6.70. The van der Waals surface area contributed by atoms with Crippen molar-refractivity contribution < 1.29 is 0 Å². The third-order valence-corrected chi connectivity index (χ3v) is 2.68. The Morgan fingerprint density at radius 3 is 1.22 bits per heavy atom. The Balaban J connectivity index is 3.41. The molecule has 0 fully saturated rings. The Morgan fingerprint density at radius 2 is 0.944 bits per heavy atom. The van der Waals surface area contributed by atoms with Gasteiger partial charge in [-0.15, -0.1) is 0 Å². The highest BCUT2D eigenvalue weighted by atomic mass is 14.3. The van der Waals surface area contributed by atoms with E-state index in [1.54, 1.807) is 12.1 Å². The van der Waals surface area contributed by atoms with Crippen molar-refractivity contribution in [1.29, 1.82) is 21.0 Å². The van der Waals surface area contributed by atoms with E-state index >= 15 is 0 Å². The minimum Gasteiger partial charge on any atom is -0.198 e. The lowest BCUT2D eigenvalue weighted by molar-refractivity contribution is 1.05. The predicted molar refractivity (Wildman–Crippen MR) is 63.7 cm³/mol. The van der Waals surface area contributed by atoms with Crippen LogP contribution >= 0.6 is 0 Å². The molecule has 0 aliphatic heterocycles. The zero-order chi connectivity index (χ0) is 13.4. The van der Waals surface area contributed by atoms with Gasteiger partial charge in [-0.05, 0) is 22.3 Å². The van der Waals surface area contributed by atoms with Crippen LogP contribution < -0.4 is 0 Å². The molecule has 0 spiro atoms. The Hall–Kier alpha value is -2.82. The first-order chi connectivity index (χ1) is 8.78. The maximum atomic E-state index is 8.84. The smallest absolute Gasteiger partial charge is 0.0669 e. The van der Waals surface area contributed by atoms with E-state index in [4.69, 9.17) is 21.0 Å². The van der Waals surface area contributed by atoms with Gasteiger partial charge in [0.1, 0.15) is 0 Å². The lowest BCUT2D eigenvalue weighted by Gasteiger charge is -2.12. The molecule has 1 aromatic rings. The Kier molecular flexibility index (Phi) is 4.93. The van der Waals surface area contributed by atoms with E-state index in [1.807, 2.05) is 24.3 Å². The fraction of sp³-hybridized carbons (Fsp3) is 0.286. The number of benzene rings is 1. The van der Waals surface area contributed by atoms with Crippen molar-refractivity contribution in [2.75, 3.05) is 0 Å². The van der Waals surface area contributed by atoms with E-state index in [0.717, 1.165) is 22.3 Å². The zero-order valence-corrected chi connectivity index (χ0v) is 9.77. The van der Waals surface area contributed by atoms with Crippen LogP contribution in [0.25, 0.3) is 0 Å². The van der Waals surface area contributed by atoms with E-state index < -0.39 is 0 Å². The summed E-state index contributed by atoms with van der Waals surface area (Å²) in [4.78, 5) is 0. The Morgan fingerprint density at radius 1 is 0.611 bits per heavy atom. The lowest BCUT2D eigenvalue weighted by Crippen LogP contribution is -2.03. The quantitative estimate of drug-likeness (QED) is 0.795. The molecule has 0 radical (unpaired) electrons. The molecule has 0 amide bonds. The van der Waals surface area contributed by atoms with Gasteiger partial charge in [0.15, 0.2) is 0 Å². The summed E-state index contributed by atoms with van der Waals surface area (Å²) in [5.74, 6) is 0. The van der Waals surface area contributed by atoms with Gasteiger partial charge in [-0.25, -0.2) is 0 Å². The number of hydrogen-bond donors (Lipinski definition) is 0. The van der Waals surface area contributed by atoms with Gasteiger partial charge in [0.2, 0.25) is 0 Å². The molecule has 4 heteroatoms. The second-order valence-electron chi connectivity index (χ2n) is 3.68. The van der Waals surface area contributed by atoms with Crippen LogP contribution in [0, 0.1) is 45.3 Å². The minimum atomic E-state index is 0.160. The van der Waals surface area contributed by atoms with Crippen LogP contribution in [-0.4, -0.2) is 0 Å². The standard InChI is InChI=1S/C14H10N4/c15-7-3-11-1-2-12(4-8-16)14(6-10-18)13(11)5-9-17/h1-2H,3-6H2. The van der Waals surface area contributed by atoms with Crippen LogP contribution in [0.4, 0.5) is 0 Å². The van der Waals surface area contributed by atoms with Gasteiger partial charge in [-0.2, -0.15) is 21.0 Å². The van der Waals surface area contributed by atoms with Crippen molar-refractivity contribution >= 4 is 0 Å². The predicted octanol–water partition coefficient (Wildman–Crippen LogP) is 1.95. The zero-order valence-electron chi connectivity index (χ0n) is 9.77. The van der Waals surface area contributed by atoms with Gasteiger partial charge in [-0.1, -0.05) is 12.1 Å². The van der Waals surface area contributed by atoms with Gasteiger partial charge in [0.25, 0.3) is 0 Å². The van der Waals surface area contributed by atoms with Crippen molar-refractivity contribution in [2.45, 2.75) is 25.7 Å². The van der Waals surface area contributed by atoms with E-state index in [1.165, 1.54) is 0 Å². The second-order valence-corrected chi connectivity index (χ2v) is 3.68. The van der Waals surface area contributed by atoms with Crippen LogP contribution in [0.5, 0.6) is 0 Å². The first kappa shape index (κ1) is 13.2. The average Bonchev–Trinajstić information content (AvgIpc) is 2.37. The third kappa shape index (κ3) is 2.85. The first-order valence-corrected chi connectivity index (χ1v) is 5.38. The van der Waals surface area contributed by atoms with E-state index in [9.17, 15) is 0 Å². The Bertz CT molecular complexity index is 548.